The molecule has 1 aromatic rings. The summed E-state index contributed by atoms with van der Waals surface area (Å²) in [5.74, 6) is 0.443. The monoisotopic (exact) mass is 261 g/mol. The van der Waals surface area contributed by atoms with Gasteiger partial charge in [0, 0.05) is 18.2 Å². The minimum absolute atomic E-state index is 0.306. The van der Waals surface area contributed by atoms with Gasteiger partial charge in [0.05, 0.1) is 0 Å². The first-order valence-corrected chi connectivity index (χ1v) is 7.55. The summed E-state index contributed by atoms with van der Waals surface area (Å²) in [4.78, 5) is 2.53. The third-order valence-corrected chi connectivity index (χ3v) is 5.15. The molecule has 0 saturated carbocycles. The van der Waals surface area contributed by atoms with Crippen LogP contribution in [0.5, 0.6) is 5.75 Å². The number of rotatable bonds is 4. The van der Waals surface area contributed by atoms with Gasteiger partial charge in [0.25, 0.3) is 0 Å². The molecule has 1 atom stereocenters. The summed E-state index contributed by atoms with van der Waals surface area (Å²) in [5.41, 5.74) is 2.68. The minimum atomic E-state index is 0.306. The van der Waals surface area contributed by atoms with Crippen molar-refractivity contribution in [3.8, 4) is 5.75 Å². The molecule has 1 aromatic carbocycles. The first-order chi connectivity index (χ1) is 9.01. The number of hydrogen-bond acceptors (Lipinski definition) is 2. The number of phenolic OH excluding ortho intramolecular Hbond substituents is 1. The van der Waals surface area contributed by atoms with E-state index in [1.54, 1.807) is 0 Å². The summed E-state index contributed by atoms with van der Waals surface area (Å²) >= 11 is 0. The van der Waals surface area contributed by atoms with Crippen LogP contribution in [0.15, 0.2) is 18.2 Å². The van der Waals surface area contributed by atoms with Gasteiger partial charge in [-0.3, -0.25) is 4.90 Å². The molecule has 0 amide bonds. The van der Waals surface area contributed by atoms with Crippen LogP contribution in [0.3, 0.4) is 0 Å². The zero-order chi connectivity index (χ0) is 14.0. The second kappa shape index (κ2) is 5.54. The molecule has 0 radical (unpaired) electrons. The summed E-state index contributed by atoms with van der Waals surface area (Å²) in [6, 6.07) is 6.34. The highest BCUT2D eigenvalue weighted by Crippen LogP contribution is 2.41. The minimum Gasteiger partial charge on any atom is -0.508 e. The maximum atomic E-state index is 10.1. The van der Waals surface area contributed by atoms with Gasteiger partial charge in [-0.25, -0.2) is 0 Å². The highest BCUT2D eigenvalue weighted by atomic mass is 16.3. The normalized spacial score (nSPS) is 20.6. The second-order valence-corrected chi connectivity index (χ2v) is 6.17. The quantitative estimate of drug-likeness (QED) is 0.874. The van der Waals surface area contributed by atoms with Gasteiger partial charge in [-0.1, -0.05) is 26.0 Å². The Morgan fingerprint density at radius 1 is 1.32 bits per heavy atom. The van der Waals surface area contributed by atoms with Gasteiger partial charge in [0.2, 0.25) is 0 Å². The molecule has 0 bridgehead atoms. The average Bonchev–Trinajstić information content (AvgIpc) is 2.83. The van der Waals surface area contributed by atoms with Gasteiger partial charge in [-0.2, -0.15) is 0 Å². The smallest absolute Gasteiger partial charge is 0.120 e. The summed E-state index contributed by atoms with van der Waals surface area (Å²) in [6.45, 7) is 11.2. The van der Waals surface area contributed by atoms with Crippen LogP contribution in [0, 0.1) is 12.3 Å². The molecule has 1 unspecified atom stereocenters. The number of aryl methyl sites for hydroxylation is 1. The number of aromatic hydroxyl groups is 1. The van der Waals surface area contributed by atoms with Crippen molar-refractivity contribution >= 4 is 0 Å². The van der Waals surface area contributed by atoms with E-state index in [1.165, 1.54) is 19.3 Å². The van der Waals surface area contributed by atoms with Crippen LogP contribution in [0.4, 0.5) is 0 Å². The molecule has 1 aliphatic rings. The molecule has 1 fully saturated rings. The fourth-order valence-corrected chi connectivity index (χ4v) is 3.33. The fraction of sp³-hybridized carbons (Fsp3) is 0.647. The van der Waals surface area contributed by atoms with Crippen LogP contribution in [0.1, 0.15) is 57.2 Å². The lowest BCUT2D eigenvalue weighted by molar-refractivity contribution is 0.202. The van der Waals surface area contributed by atoms with E-state index in [-0.39, 0.29) is 0 Å². The number of nitrogens with zero attached hydrogens (tertiary/aromatic N) is 1. The van der Waals surface area contributed by atoms with Gasteiger partial charge in [-0.05, 0) is 56.7 Å². The lowest BCUT2D eigenvalue weighted by atomic mass is 9.82. The molecule has 1 aliphatic heterocycles. The van der Waals surface area contributed by atoms with Crippen LogP contribution in [-0.4, -0.2) is 23.1 Å². The van der Waals surface area contributed by atoms with E-state index in [0.717, 1.165) is 24.2 Å². The van der Waals surface area contributed by atoms with E-state index in [9.17, 15) is 5.11 Å². The third kappa shape index (κ3) is 2.79. The standard InChI is InChI=1S/C17H27NO/c1-5-17(6-2)9-10-18(12-17)14(4)15-8-7-13(3)11-16(15)19/h7-8,11,14,19H,5-6,9-10,12H2,1-4H3. The van der Waals surface area contributed by atoms with E-state index in [0.29, 0.717) is 17.2 Å². The van der Waals surface area contributed by atoms with Crippen LogP contribution in [0.25, 0.3) is 0 Å². The number of phenols is 1. The lowest BCUT2D eigenvalue weighted by Gasteiger charge is -2.30. The highest BCUT2D eigenvalue weighted by Gasteiger charge is 2.37. The largest absolute Gasteiger partial charge is 0.508 e. The topological polar surface area (TPSA) is 23.5 Å². The highest BCUT2D eigenvalue weighted by molar-refractivity contribution is 5.38. The van der Waals surface area contributed by atoms with Crippen molar-refractivity contribution in [3.05, 3.63) is 29.3 Å². The molecule has 2 rings (SSSR count). The van der Waals surface area contributed by atoms with Gasteiger partial charge >= 0.3 is 0 Å². The Kier molecular flexibility index (Phi) is 4.19. The van der Waals surface area contributed by atoms with Gasteiger partial charge < -0.3 is 5.11 Å². The van der Waals surface area contributed by atoms with E-state index in [2.05, 4.69) is 37.8 Å². The number of likely N-dealkylation sites (tertiary alicyclic amines) is 1. The summed E-state index contributed by atoms with van der Waals surface area (Å²) < 4.78 is 0. The Morgan fingerprint density at radius 2 is 2.00 bits per heavy atom. The van der Waals surface area contributed by atoms with E-state index in [1.807, 2.05) is 13.0 Å². The summed E-state index contributed by atoms with van der Waals surface area (Å²) in [7, 11) is 0. The third-order valence-electron chi connectivity index (χ3n) is 5.15. The molecule has 0 aromatic heterocycles. The fourth-order valence-electron chi connectivity index (χ4n) is 3.33. The first-order valence-electron chi connectivity index (χ1n) is 7.55. The zero-order valence-corrected chi connectivity index (χ0v) is 12.7. The van der Waals surface area contributed by atoms with Crippen molar-refractivity contribution in [1.82, 2.24) is 4.90 Å². The maximum Gasteiger partial charge on any atom is 0.120 e. The SMILES string of the molecule is CCC1(CC)CCN(C(C)c2ccc(C)cc2O)C1. The Balaban J connectivity index is 2.15. The summed E-state index contributed by atoms with van der Waals surface area (Å²) in [6.07, 6.45) is 3.80. The zero-order valence-electron chi connectivity index (χ0n) is 12.7. The molecule has 2 nitrogen and oxygen atoms in total. The average molecular weight is 261 g/mol. The van der Waals surface area contributed by atoms with Gasteiger partial charge in [0.15, 0.2) is 0 Å². The van der Waals surface area contributed by atoms with Crippen molar-refractivity contribution in [2.24, 2.45) is 5.41 Å². The number of hydrogen-bond donors (Lipinski definition) is 1. The van der Waals surface area contributed by atoms with Crippen molar-refractivity contribution in [1.29, 1.82) is 0 Å². The van der Waals surface area contributed by atoms with E-state index in [4.69, 9.17) is 0 Å². The van der Waals surface area contributed by atoms with Gasteiger partial charge in [0.1, 0.15) is 5.75 Å². The van der Waals surface area contributed by atoms with Crippen molar-refractivity contribution in [2.45, 2.75) is 53.0 Å². The van der Waals surface area contributed by atoms with E-state index >= 15 is 0 Å². The first kappa shape index (κ1) is 14.4. The van der Waals surface area contributed by atoms with Crippen molar-refractivity contribution in [2.75, 3.05) is 13.1 Å². The molecular formula is C17H27NO. The molecule has 1 saturated heterocycles. The molecule has 1 heterocycles. The Bertz CT molecular complexity index is 437. The Hall–Kier alpha value is -1.02. The molecule has 0 aliphatic carbocycles. The van der Waals surface area contributed by atoms with Crippen LogP contribution < -0.4 is 0 Å². The molecule has 19 heavy (non-hydrogen) atoms. The second-order valence-electron chi connectivity index (χ2n) is 6.17. The molecule has 2 heteroatoms. The molecule has 1 N–H and O–H groups in total. The molecule has 0 spiro atoms. The van der Waals surface area contributed by atoms with Crippen LogP contribution in [-0.2, 0) is 0 Å². The van der Waals surface area contributed by atoms with Gasteiger partial charge in [-0.15, -0.1) is 0 Å². The molecular weight excluding hydrogens is 234 g/mol. The lowest BCUT2D eigenvalue weighted by Crippen LogP contribution is -2.28. The van der Waals surface area contributed by atoms with Crippen molar-refractivity contribution < 1.29 is 5.11 Å². The Morgan fingerprint density at radius 3 is 2.53 bits per heavy atom. The summed E-state index contributed by atoms with van der Waals surface area (Å²) in [5, 5.41) is 10.1. The van der Waals surface area contributed by atoms with Crippen LogP contribution in [0.2, 0.25) is 0 Å². The predicted molar refractivity (Wildman–Crippen MR) is 80.5 cm³/mol. The van der Waals surface area contributed by atoms with E-state index < -0.39 is 0 Å². The predicted octanol–water partition coefficient (Wildman–Crippen LogP) is 4.27. The number of benzene rings is 1. The van der Waals surface area contributed by atoms with Crippen molar-refractivity contribution in [3.63, 3.8) is 0 Å². The Labute approximate surface area is 117 Å². The molecule has 106 valence electrons. The van der Waals surface area contributed by atoms with Crippen LogP contribution >= 0.6 is 0 Å². The maximum absolute atomic E-state index is 10.1.